The number of fused-ring (bicyclic) bond motifs is 2. The molecule has 38 heteroatoms. The van der Waals surface area contributed by atoms with Crippen LogP contribution in [0.25, 0.3) is 21.5 Å². The molecule has 3 N–H and O–H groups in total. The van der Waals surface area contributed by atoms with Gasteiger partial charge in [0.1, 0.15) is 46.2 Å². The molecule has 0 saturated heterocycles. The molecule has 0 spiro atoms. The molecule has 0 bridgehead atoms. The molecule has 1 heterocycles. The van der Waals surface area contributed by atoms with Gasteiger partial charge in [0.25, 0.3) is 0 Å². The monoisotopic (exact) mass is 1210 g/mol. The fourth-order valence-electron chi connectivity index (χ4n) is 5.73. The smallest absolute Gasteiger partial charge is 0.870 e. The van der Waals surface area contributed by atoms with E-state index in [2.05, 4.69) is 39.7 Å². The van der Waals surface area contributed by atoms with Crippen molar-refractivity contribution < 1.29 is 339 Å². The third kappa shape index (κ3) is 18.3. The van der Waals surface area contributed by atoms with Crippen LogP contribution in [0.15, 0.2) is 112 Å². The maximum Gasteiger partial charge on any atom is 1.00 e. The largest absolute Gasteiger partial charge is 1.00 e. The van der Waals surface area contributed by atoms with Crippen molar-refractivity contribution in [1.29, 1.82) is 0 Å². The van der Waals surface area contributed by atoms with E-state index < -0.39 is 154 Å². The van der Waals surface area contributed by atoms with E-state index in [0.29, 0.717) is 24.3 Å². The minimum atomic E-state index is -5.79. The molecule has 0 unspecified atom stereocenters. The van der Waals surface area contributed by atoms with Crippen LogP contribution in [0.1, 0.15) is 0 Å². The second kappa shape index (κ2) is 27.4. The molecule has 0 aliphatic heterocycles. The van der Waals surface area contributed by atoms with Crippen molar-refractivity contribution >= 4 is 123 Å². The number of aromatic nitrogens is 3. The Morgan fingerprint density at radius 2 is 1.28 bits per heavy atom. The van der Waals surface area contributed by atoms with Gasteiger partial charge in [0.05, 0.1) is 48.2 Å². The second-order valence-corrected chi connectivity index (χ2v) is 21.4. The summed E-state index contributed by atoms with van der Waals surface area (Å²) in [5, 5.41) is 20.5. The fraction of sp³-hybridized carbons (Fsp3) is 0.0645. The first-order valence-electron chi connectivity index (χ1n) is 16.5. The molecule has 0 aliphatic carbocycles. The number of rotatable bonds is 14. The van der Waals surface area contributed by atoms with E-state index in [-0.39, 0.29) is 268 Å². The first-order chi connectivity index (χ1) is 29.4. The predicted octanol–water partition coefficient (Wildman–Crippen LogP) is -13.5. The standard InChI is InChI=1S/C31H24ClN7O19S6.5K/c32-29-35-30(33-16-4-6-17(7-5-16)59(41,42)11-10-58-64(55,56)57)37-31(36-29)34-22-14-18(60(43,44)45)12-15-13-24(62(49,50)51)26(27(40)25(15)22)39-38-21-9-8-19-20(28(21)63(52,53)54)2-1-3-23(19)61(46,47)48;;;;;/h1-9,12-14,40H,10-11H2,(H,43,44,45)(H,46,47,48)(H,49,50,51)(H,52,53,54)(H,55,56,57)(H2,33,34,35,36,37);;;;;/q;5*+1/p-5. The van der Waals surface area contributed by atoms with Crippen LogP contribution < -0.4 is 273 Å². The van der Waals surface area contributed by atoms with E-state index in [0.717, 1.165) is 36.4 Å². The Morgan fingerprint density at radius 1 is 0.667 bits per heavy atom. The quantitative estimate of drug-likeness (QED) is 0.0518. The Bertz CT molecular complexity index is 3770. The molecule has 340 valence electrons. The fourth-order valence-corrected chi connectivity index (χ4v) is 10.1. The first kappa shape index (κ1) is 69.6. The minimum Gasteiger partial charge on any atom is -0.870 e. The Kier molecular flexibility index (Phi) is 27.7. The number of nitrogens with zero attached hydrogens (tertiary/aromatic N) is 5. The van der Waals surface area contributed by atoms with Crippen LogP contribution in [0.4, 0.5) is 28.7 Å². The summed E-state index contributed by atoms with van der Waals surface area (Å²) < 4.78 is 206. The molecular formula is C31H19ClK5N7O19S6. The van der Waals surface area contributed by atoms with Gasteiger partial charge in [-0.15, -0.1) is 10.2 Å². The SMILES string of the molecule is O=S(=O)(O)OCCS(=O)(=O)c1ccc(Nc2nc(Cl)[nH]c(=Nc3cc(S(=O)(=O)[O-])cc4cc(S(=O)(=O)[O-])c(N=Nc5ccc6c(S(=O)(=O)[O-])cccc6c5S(=O)(=O)[O-])c([O-])c34)n2)cc1.[K+].[K+].[K+].[K+].[K+]. The summed E-state index contributed by atoms with van der Waals surface area (Å²) in [5.41, 5.74) is -3.63. The summed E-state index contributed by atoms with van der Waals surface area (Å²) in [6.45, 7) is -0.901. The van der Waals surface area contributed by atoms with E-state index in [1.54, 1.807) is 0 Å². The third-order valence-electron chi connectivity index (χ3n) is 8.28. The van der Waals surface area contributed by atoms with Crippen LogP contribution in [0.5, 0.6) is 5.75 Å². The number of aromatic amines is 1. The van der Waals surface area contributed by atoms with Crippen LogP contribution in [-0.4, -0.2) is 101 Å². The maximum atomic E-state index is 14.1. The topological polar surface area (TPSA) is 440 Å². The van der Waals surface area contributed by atoms with Gasteiger partial charge in [0.15, 0.2) is 9.84 Å². The average molecular weight is 1220 g/mol. The van der Waals surface area contributed by atoms with Gasteiger partial charge in [-0.25, -0.2) is 51.3 Å². The number of nitrogens with one attached hydrogen (secondary N) is 2. The summed E-state index contributed by atoms with van der Waals surface area (Å²) in [5.74, 6) is -2.83. The van der Waals surface area contributed by atoms with Crippen LogP contribution >= 0.6 is 11.6 Å². The molecule has 0 atom stereocenters. The van der Waals surface area contributed by atoms with Gasteiger partial charge in [-0.1, -0.05) is 23.9 Å². The third-order valence-corrected chi connectivity index (χ3v) is 14.1. The predicted molar refractivity (Wildman–Crippen MR) is 209 cm³/mol. The molecule has 0 saturated carbocycles. The molecule has 0 fully saturated rings. The van der Waals surface area contributed by atoms with Gasteiger partial charge < -0.3 is 28.6 Å². The molecule has 1 aromatic heterocycles. The van der Waals surface area contributed by atoms with Gasteiger partial charge in [-0.3, -0.25) is 9.54 Å². The van der Waals surface area contributed by atoms with Crippen molar-refractivity contribution in [2.45, 2.75) is 24.5 Å². The Hall–Kier alpha value is 2.56. The molecular weight excluding hydrogens is 1200 g/mol. The average Bonchev–Trinajstić information content (AvgIpc) is 3.14. The van der Waals surface area contributed by atoms with Crippen molar-refractivity contribution in [3.05, 3.63) is 83.7 Å². The summed E-state index contributed by atoms with van der Waals surface area (Å²) in [4.78, 5) is 9.12. The van der Waals surface area contributed by atoms with Crippen LogP contribution in [0, 0.1) is 0 Å². The van der Waals surface area contributed by atoms with Crippen molar-refractivity contribution in [3.8, 4) is 5.75 Å². The van der Waals surface area contributed by atoms with E-state index in [9.17, 15) is 73.8 Å². The van der Waals surface area contributed by atoms with Crippen LogP contribution in [0.2, 0.25) is 5.28 Å². The van der Waals surface area contributed by atoms with Crippen molar-refractivity contribution in [2.75, 3.05) is 17.7 Å². The van der Waals surface area contributed by atoms with E-state index in [1.165, 1.54) is 12.1 Å². The van der Waals surface area contributed by atoms with Crippen LogP contribution in [0.3, 0.4) is 0 Å². The van der Waals surface area contributed by atoms with E-state index in [4.69, 9.17) is 16.2 Å². The number of azo groups is 1. The number of sulfone groups is 1. The van der Waals surface area contributed by atoms with E-state index >= 15 is 0 Å². The number of hydrogen-bond donors (Lipinski definition) is 3. The minimum absolute atomic E-state index is 0. The van der Waals surface area contributed by atoms with Gasteiger partial charge >= 0.3 is 267 Å². The first-order valence-corrected chi connectivity index (χ1v) is 25.5. The molecule has 5 aromatic carbocycles. The van der Waals surface area contributed by atoms with Gasteiger partial charge in [0.2, 0.25) is 16.9 Å². The number of H-pyrrole nitrogens is 1. The van der Waals surface area contributed by atoms with E-state index in [1.807, 2.05) is 0 Å². The van der Waals surface area contributed by atoms with Gasteiger partial charge in [0, 0.05) is 21.8 Å². The Balaban J connectivity index is 0.00000476. The number of benzene rings is 5. The summed E-state index contributed by atoms with van der Waals surface area (Å²) in [6, 6.07) is 10.2. The van der Waals surface area contributed by atoms with Crippen molar-refractivity contribution in [3.63, 3.8) is 0 Å². The zero-order valence-corrected chi connectivity index (χ0v) is 57.0. The molecule has 6 rings (SSSR count). The zero-order valence-electron chi connectivity index (χ0n) is 35.7. The van der Waals surface area contributed by atoms with Gasteiger partial charge in [-0.2, -0.15) is 18.4 Å². The second-order valence-electron chi connectivity index (χ2n) is 12.5. The molecule has 0 aliphatic rings. The zero-order chi connectivity index (χ0) is 47.4. The number of halogens is 1. The van der Waals surface area contributed by atoms with Gasteiger partial charge in [-0.05, 0) is 71.6 Å². The normalized spacial score (nSPS) is 12.6. The maximum absolute atomic E-state index is 14.1. The molecule has 26 nitrogen and oxygen atoms in total. The van der Waals surface area contributed by atoms with Crippen molar-refractivity contribution in [2.24, 2.45) is 15.2 Å². The summed E-state index contributed by atoms with van der Waals surface area (Å²) in [7, 11) is -31.2. The molecule has 69 heavy (non-hydrogen) atoms. The van der Waals surface area contributed by atoms with Crippen molar-refractivity contribution in [1.82, 2.24) is 15.0 Å². The molecule has 0 amide bonds. The summed E-state index contributed by atoms with van der Waals surface area (Å²) >= 11 is 6.10. The molecule has 6 aromatic rings. The summed E-state index contributed by atoms with van der Waals surface area (Å²) in [6.07, 6.45) is 0. The van der Waals surface area contributed by atoms with Crippen LogP contribution in [-0.2, 0) is 64.9 Å². The number of anilines is 2. The molecule has 0 radical (unpaired) electrons. The number of hydrogen-bond acceptors (Lipinski definition) is 24. The Labute approximate surface area is 609 Å². The Morgan fingerprint density at radius 3 is 1.83 bits per heavy atom.